The van der Waals surface area contributed by atoms with Gasteiger partial charge in [0.25, 0.3) is 0 Å². The van der Waals surface area contributed by atoms with Crippen LogP contribution in [0.4, 0.5) is 10.3 Å². The van der Waals surface area contributed by atoms with Crippen LogP contribution in [0.1, 0.15) is 0 Å². The Hall–Kier alpha value is -2.74. The number of benzene rings is 1. The van der Waals surface area contributed by atoms with Gasteiger partial charge in [-0.25, -0.2) is 14.1 Å². The van der Waals surface area contributed by atoms with E-state index < -0.39 is 5.82 Å². The number of nitrogens with zero attached hydrogens (tertiary/aromatic N) is 4. The molecule has 3 N–H and O–H groups in total. The van der Waals surface area contributed by atoms with Gasteiger partial charge in [-0.15, -0.1) is 0 Å². The minimum absolute atomic E-state index is 0.104. The largest absolute Gasteiger partial charge is 0.490 e. The third-order valence-corrected chi connectivity index (χ3v) is 3.14. The van der Waals surface area contributed by atoms with Crippen molar-refractivity contribution in [2.45, 2.75) is 0 Å². The number of ether oxygens (including phenoxy) is 1. The molecule has 1 aromatic carbocycles. The zero-order valence-corrected chi connectivity index (χ0v) is 11.8. The first kappa shape index (κ1) is 14.2. The Morgan fingerprint density at radius 1 is 1.41 bits per heavy atom. The van der Waals surface area contributed by atoms with Gasteiger partial charge in [-0.1, -0.05) is 0 Å². The Labute approximate surface area is 125 Å². The minimum atomic E-state index is -0.415. The molecule has 22 heavy (non-hydrogen) atoms. The topological polar surface area (TPSA) is 99.1 Å². The van der Waals surface area contributed by atoms with E-state index in [-0.39, 0.29) is 19.2 Å². The predicted octanol–water partition coefficient (Wildman–Crippen LogP) is 1.12. The third-order valence-electron chi connectivity index (χ3n) is 3.14. The van der Waals surface area contributed by atoms with E-state index in [0.717, 1.165) is 0 Å². The molecule has 0 amide bonds. The smallest absolute Gasteiger partial charge is 0.222 e. The molecule has 0 fully saturated rings. The van der Waals surface area contributed by atoms with Crippen LogP contribution in [-0.2, 0) is 7.05 Å². The van der Waals surface area contributed by atoms with Crippen LogP contribution in [0.15, 0.2) is 24.4 Å². The molecule has 0 aliphatic heterocycles. The van der Waals surface area contributed by atoms with Crippen molar-refractivity contribution in [1.29, 1.82) is 0 Å². The molecule has 0 bridgehead atoms. The van der Waals surface area contributed by atoms with Crippen LogP contribution in [0.25, 0.3) is 22.3 Å². The van der Waals surface area contributed by atoms with Gasteiger partial charge >= 0.3 is 0 Å². The van der Waals surface area contributed by atoms with Crippen molar-refractivity contribution in [2.75, 3.05) is 18.9 Å². The van der Waals surface area contributed by atoms with Gasteiger partial charge in [0.15, 0.2) is 5.65 Å². The number of aryl methyl sites for hydroxylation is 1. The lowest BCUT2D eigenvalue weighted by atomic mass is 10.1. The van der Waals surface area contributed by atoms with Gasteiger partial charge in [0.05, 0.1) is 12.0 Å². The lowest BCUT2D eigenvalue weighted by Crippen LogP contribution is -2.03. The molecule has 0 atom stereocenters. The van der Waals surface area contributed by atoms with Crippen molar-refractivity contribution in [3.8, 4) is 17.0 Å². The number of aromatic nitrogens is 4. The standard InChI is InChI=1S/C14H14FN5O2/c1-20-13-10(7-17-14(16)18-13)12(19-20)9-6-8(15)2-3-11(9)22-5-4-21/h2-3,6-7,21H,4-5H2,1H3,(H2,16,17,18). The first-order valence-electron chi connectivity index (χ1n) is 6.59. The molecular formula is C14H14FN5O2. The fourth-order valence-electron chi connectivity index (χ4n) is 2.22. The summed E-state index contributed by atoms with van der Waals surface area (Å²) in [4.78, 5) is 8.09. The average Bonchev–Trinajstić information content (AvgIpc) is 2.82. The fraction of sp³-hybridized carbons (Fsp3) is 0.214. The maximum Gasteiger partial charge on any atom is 0.222 e. The van der Waals surface area contributed by atoms with E-state index in [9.17, 15) is 4.39 Å². The van der Waals surface area contributed by atoms with Gasteiger partial charge < -0.3 is 15.6 Å². The van der Waals surface area contributed by atoms with Crippen molar-refractivity contribution in [2.24, 2.45) is 7.05 Å². The van der Waals surface area contributed by atoms with Crippen LogP contribution in [0, 0.1) is 5.82 Å². The summed E-state index contributed by atoms with van der Waals surface area (Å²) in [6, 6.07) is 4.11. The molecule has 0 spiro atoms. The average molecular weight is 303 g/mol. The Morgan fingerprint density at radius 3 is 3.00 bits per heavy atom. The second kappa shape index (κ2) is 5.57. The number of hydrogen-bond donors (Lipinski definition) is 2. The van der Waals surface area contributed by atoms with Crippen molar-refractivity contribution in [3.05, 3.63) is 30.2 Å². The zero-order chi connectivity index (χ0) is 15.7. The highest BCUT2D eigenvalue weighted by molar-refractivity contribution is 5.92. The van der Waals surface area contributed by atoms with Gasteiger partial charge in [-0.05, 0) is 18.2 Å². The monoisotopic (exact) mass is 303 g/mol. The van der Waals surface area contributed by atoms with Crippen LogP contribution < -0.4 is 10.5 Å². The summed E-state index contributed by atoms with van der Waals surface area (Å²) in [6.45, 7) is -0.0354. The van der Waals surface area contributed by atoms with Gasteiger partial charge in [-0.3, -0.25) is 0 Å². The highest BCUT2D eigenvalue weighted by Gasteiger charge is 2.17. The Balaban J connectivity index is 2.20. The molecule has 0 aliphatic rings. The fourth-order valence-corrected chi connectivity index (χ4v) is 2.22. The number of hydrogen-bond acceptors (Lipinski definition) is 6. The van der Waals surface area contributed by atoms with Gasteiger partial charge in [0, 0.05) is 18.8 Å². The van der Waals surface area contributed by atoms with E-state index in [1.165, 1.54) is 18.2 Å². The number of rotatable bonds is 4. The molecule has 0 radical (unpaired) electrons. The summed E-state index contributed by atoms with van der Waals surface area (Å²) in [5.74, 6) is 0.145. The molecule has 0 aliphatic carbocycles. The SMILES string of the molecule is Cn1nc(-c2cc(F)ccc2OCCO)c2cnc(N)nc21. The highest BCUT2D eigenvalue weighted by atomic mass is 19.1. The zero-order valence-electron chi connectivity index (χ0n) is 11.8. The molecular weight excluding hydrogens is 289 g/mol. The van der Waals surface area contributed by atoms with E-state index in [4.69, 9.17) is 15.6 Å². The van der Waals surface area contributed by atoms with Gasteiger partial charge in [0.1, 0.15) is 23.9 Å². The van der Waals surface area contributed by atoms with E-state index in [0.29, 0.717) is 28.0 Å². The van der Waals surface area contributed by atoms with Crippen LogP contribution in [0.5, 0.6) is 5.75 Å². The highest BCUT2D eigenvalue weighted by Crippen LogP contribution is 2.34. The first-order chi connectivity index (χ1) is 10.6. The van der Waals surface area contributed by atoms with Crippen molar-refractivity contribution in [3.63, 3.8) is 0 Å². The summed E-state index contributed by atoms with van der Waals surface area (Å²) < 4.78 is 20.6. The summed E-state index contributed by atoms with van der Waals surface area (Å²) in [5, 5.41) is 13.9. The maximum atomic E-state index is 13.6. The molecule has 2 aromatic heterocycles. The predicted molar refractivity (Wildman–Crippen MR) is 78.7 cm³/mol. The summed E-state index contributed by atoms with van der Waals surface area (Å²) in [5.41, 5.74) is 7.08. The number of halogens is 1. The number of fused-ring (bicyclic) bond motifs is 1. The number of anilines is 1. The summed E-state index contributed by atoms with van der Waals surface area (Å²) in [7, 11) is 1.71. The lowest BCUT2D eigenvalue weighted by Gasteiger charge is -2.09. The second-order valence-corrected chi connectivity index (χ2v) is 4.65. The van der Waals surface area contributed by atoms with Gasteiger partial charge in [0.2, 0.25) is 5.95 Å². The molecule has 3 rings (SSSR count). The van der Waals surface area contributed by atoms with Crippen LogP contribution >= 0.6 is 0 Å². The van der Waals surface area contributed by atoms with Gasteiger partial charge in [-0.2, -0.15) is 10.1 Å². The number of nitrogens with two attached hydrogens (primary N) is 1. The Bertz CT molecular complexity index is 833. The number of aliphatic hydroxyl groups is 1. The third kappa shape index (κ3) is 2.44. The number of aliphatic hydroxyl groups excluding tert-OH is 1. The molecule has 114 valence electrons. The van der Waals surface area contributed by atoms with Crippen molar-refractivity contribution >= 4 is 17.0 Å². The number of nitrogen functional groups attached to an aromatic ring is 1. The summed E-state index contributed by atoms with van der Waals surface area (Å²) in [6.07, 6.45) is 1.54. The van der Waals surface area contributed by atoms with Crippen LogP contribution in [0.3, 0.4) is 0 Å². The molecule has 0 saturated heterocycles. The van der Waals surface area contributed by atoms with E-state index in [1.54, 1.807) is 17.9 Å². The van der Waals surface area contributed by atoms with Crippen LogP contribution in [-0.4, -0.2) is 38.1 Å². The van der Waals surface area contributed by atoms with E-state index in [2.05, 4.69) is 15.1 Å². The molecule has 7 nitrogen and oxygen atoms in total. The minimum Gasteiger partial charge on any atom is -0.490 e. The molecule has 8 heteroatoms. The second-order valence-electron chi connectivity index (χ2n) is 4.65. The van der Waals surface area contributed by atoms with Crippen molar-refractivity contribution in [1.82, 2.24) is 19.7 Å². The lowest BCUT2D eigenvalue weighted by molar-refractivity contribution is 0.202. The Morgan fingerprint density at radius 2 is 2.23 bits per heavy atom. The van der Waals surface area contributed by atoms with Crippen LogP contribution in [0.2, 0.25) is 0 Å². The molecule has 3 aromatic rings. The maximum absolute atomic E-state index is 13.6. The Kier molecular flexibility index (Phi) is 3.60. The van der Waals surface area contributed by atoms with Crippen molar-refractivity contribution < 1.29 is 14.2 Å². The quantitative estimate of drug-likeness (QED) is 0.749. The molecule has 2 heterocycles. The molecule has 0 unspecified atom stereocenters. The normalized spacial score (nSPS) is 11.0. The van der Waals surface area contributed by atoms with E-state index >= 15 is 0 Å². The summed E-state index contributed by atoms with van der Waals surface area (Å²) >= 11 is 0. The first-order valence-corrected chi connectivity index (χ1v) is 6.59. The van der Waals surface area contributed by atoms with E-state index in [1.807, 2.05) is 0 Å². The molecule has 0 saturated carbocycles.